The number of H-pyrrole nitrogens is 1. The molecule has 0 radical (unpaired) electrons. The van der Waals surface area contributed by atoms with E-state index < -0.39 is 0 Å². The predicted octanol–water partition coefficient (Wildman–Crippen LogP) is 2.56. The van der Waals surface area contributed by atoms with Crippen LogP contribution in [0.1, 0.15) is 0 Å². The second-order valence-electron chi connectivity index (χ2n) is 4.21. The van der Waals surface area contributed by atoms with Crippen molar-refractivity contribution < 1.29 is 4.39 Å². The van der Waals surface area contributed by atoms with Crippen LogP contribution in [-0.4, -0.2) is 15.2 Å². The van der Waals surface area contributed by atoms with Crippen LogP contribution in [0.15, 0.2) is 48.8 Å². The quantitative estimate of drug-likeness (QED) is 0.504. The monoisotopic (exact) mass is 269 g/mol. The fourth-order valence-corrected chi connectivity index (χ4v) is 2.07. The SMILES string of the molecule is NNc1n[nH]c(-c2ccncc2)c1-c1ccc(F)cc1. The van der Waals surface area contributed by atoms with Gasteiger partial charge in [0.15, 0.2) is 5.82 Å². The minimum absolute atomic E-state index is 0.287. The number of pyridine rings is 1. The number of hydrogen-bond acceptors (Lipinski definition) is 4. The highest BCUT2D eigenvalue weighted by atomic mass is 19.1. The van der Waals surface area contributed by atoms with Gasteiger partial charge in [0.1, 0.15) is 5.82 Å². The molecular weight excluding hydrogens is 257 g/mol. The Bertz CT molecular complexity index is 706. The topological polar surface area (TPSA) is 79.6 Å². The van der Waals surface area contributed by atoms with Gasteiger partial charge in [-0.05, 0) is 29.8 Å². The number of rotatable bonds is 3. The average Bonchev–Trinajstić information content (AvgIpc) is 2.93. The van der Waals surface area contributed by atoms with Crippen LogP contribution >= 0.6 is 0 Å². The summed E-state index contributed by atoms with van der Waals surface area (Å²) >= 11 is 0. The van der Waals surface area contributed by atoms with Crippen molar-refractivity contribution >= 4 is 5.82 Å². The third-order valence-electron chi connectivity index (χ3n) is 3.00. The Balaban J connectivity index is 2.18. The van der Waals surface area contributed by atoms with Crippen molar-refractivity contribution in [3.05, 3.63) is 54.6 Å². The second-order valence-corrected chi connectivity index (χ2v) is 4.21. The molecule has 0 bridgehead atoms. The molecule has 0 aliphatic carbocycles. The van der Waals surface area contributed by atoms with Gasteiger partial charge in [0, 0.05) is 18.0 Å². The van der Waals surface area contributed by atoms with Crippen LogP contribution < -0.4 is 11.3 Å². The number of halogens is 1. The van der Waals surface area contributed by atoms with Crippen molar-refractivity contribution in [2.75, 3.05) is 5.43 Å². The number of anilines is 1. The van der Waals surface area contributed by atoms with Crippen LogP contribution in [0.5, 0.6) is 0 Å². The Morgan fingerprint density at radius 2 is 1.70 bits per heavy atom. The van der Waals surface area contributed by atoms with E-state index in [9.17, 15) is 4.39 Å². The molecule has 4 N–H and O–H groups in total. The van der Waals surface area contributed by atoms with Crippen molar-refractivity contribution in [3.8, 4) is 22.4 Å². The molecule has 0 amide bonds. The highest BCUT2D eigenvalue weighted by Crippen LogP contribution is 2.35. The van der Waals surface area contributed by atoms with Gasteiger partial charge in [0.2, 0.25) is 0 Å². The van der Waals surface area contributed by atoms with E-state index in [1.54, 1.807) is 24.5 Å². The van der Waals surface area contributed by atoms with Crippen LogP contribution in [0, 0.1) is 5.82 Å². The van der Waals surface area contributed by atoms with Gasteiger partial charge >= 0.3 is 0 Å². The van der Waals surface area contributed by atoms with Crippen molar-refractivity contribution in [1.29, 1.82) is 0 Å². The number of nitrogens with two attached hydrogens (primary N) is 1. The first-order valence-electron chi connectivity index (χ1n) is 6.01. The lowest BCUT2D eigenvalue weighted by Gasteiger charge is -2.06. The highest BCUT2D eigenvalue weighted by molar-refractivity contribution is 5.88. The molecule has 3 aromatic rings. The minimum Gasteiger partial charge on any atom is -0.306 e. The third kappa shape index (κ3) is 2.12. The van der Waals surface area contributed by atoms with Crippen molar-refractivity contribution in [3.63, 3.8) is 0 Å². The fourth-order valence-electron chi connectivity index (χ4n) is 2.07. The number of hydrazine groups is 1. The van der Waals surface area contributed by atoms with Gasteiger partial charge < -0.3 is 5.43 Å². The molecule has 1 aromatic carbocycles. The van der Waals surface area contributed by atoms with Crippen molar-refractivity contribution in [2.45, 2.75) is 0 Å². The molecular formula is C14H12FN5. The van der Waals surface area contributed by atoms with Crippen LogP contribution in [0.25, 0.3) is 22.4 Å². The molecule has 0 fully saturated rings. The smallest absolute Gasteiger partial charge is 0.170 e. The zero-order valence-electron chi connectivity index (χ0n) is 10.5. The normalized spacial score (nSPS) is 10.5. The molecule has 0 saturated carbocycles. The Morgan fingerprint density at radius 3 is 2.35 bits per heavy atom. The highest BCUT2D eigenvalue weighted by Gasteiger charge is 2.16. The molecule has 0 saturated heterocycles. The van der Waals surface area contributed by atoms with Crippen LogP contribution in [-0.2, 0) is 0 Å². The first kappa shape index (κ1) is 12.3. The van der Waals surface area contributed by atoms with E-state index in [1.165, 1.54) is 12.1 Å². The molecule has 0 aliphatic heterocycles. The third-order valence-corrected chi connectivity index (χ3v) is 3.00. The lowest BCUT2D eigenvalue weighted by Crippen LogP contribution is -2.08. The van der Waals surface area contributed by atoms with E-state index in [0.717, 1.165) is 22.4 Å². The lowest BCUT2D eigenvalue weighted by atomic mass is 10.0. The summed E-state index contributed by atoms with van der Waals surface area (Å²) in [5.74, 6) is 5.71. The predicted molar refractivity (Wildman–Crippen MR) is 75.0 cm³/mol. The summed E-state index contributed by atoms with van der Waals surface area (Å²) in [6, 6.07) is 9.90. The number of aromatic amines is 1. The molecule has 6 heteroatoms. The Hall–Kier alpha value is -2.73. The zero-order chi connectivity index (χ0) is 13.9. The molecule has 100 valence electrons. The van der Waals surface area contributed by atoms with Crippen LogP contribution in [0.2, 0.25) is 0 Å². The first-order chi connectivity index (χ1) is 9.79. The maximum absolute atomic E-state index is 13.1. The summed E-state index contributed by atoms with van der Waals surface area (Å²) in [6.45, 7) is 0. The van der Waals surface area contributed by atoms with Crippen molar-refractivity contribution in [2.24, 2.45) is 5.84 Å². The first-order valence-corrected chi connectivity index (χ1v) is 6.01. The zero-order valence-corrected chi connectivity index (χ0v) is 10.5. The van der Waals surface area contributed by atoms with E-state index in [4.69, 9.17) is 5.84 Å². The summed E-state index contributed by atoms with van der Waals surface area (Å²) in [7, 11) is 0. The Morgan fingerprint density at radius 1 is 1.00 bits per heavy atom. The van der Waals surface area contributed by atoms with E-state index in [2.05, 4.69) is 20.6 Å². The number of nitrogens with zero attached hydrogens (tertiary/aromatic N) is 2. The molecule has 0 spiro atoms. The molecule has 0 aliphatic rings. The molecule has 0 unspecified atom stereocenters. The van der Waals surface area contributed by atoms with E-state index >= 15 is 0 Å². The van der Waals surface area contributed by atoms with E-state index in [-0.39, 0.29) is 5.82 Å². The molecule has 20 heavy (non-hydrogen) atoms. The largest absolute Gasteiger partial charge is 0.306 e. The number of hydrogen-bond donors (Lipinski definition) is 3. The molecule has 5 nitrogen and oxygen atoms in total. The summed E-state index contributed by atoms with van der Waals surface area (Å²) in [6.07, 6.45) is 3.39. The van der Waals surface area contributed by atoms with E-state index in [1.807, 2.05) is 12.1 Å². The number of nitrogens with one attached hydrogen (secondary N) is 2. The number of nitrogen functional groups attached to an aromatic ring is 1. The van der Waals surface area contributed by atoms with Gasteiger partial charge in [-0.15, -0.1) is 0 Å². The molecule has 2 aromatic heterocycles. The van der Waals surface area contributed by atoms with Gasteiger partial charge in [-0.25, -0.2) is 10.2 Å². The maximum Gasteiger partial charge on any atom is 0.170 e. The van der Waals surface area contributed by atoms with Crippen molar-refractivity contribution in [1.82, 2.24) is 15.2 Å². The maximum atomic E-state index is 13.1. The number of aromatic nitrogens is 3. The van der Waals surface area contributed by atoms with Crippen LogP contribution in [0.4, 0.5) is 10.2 Å². The van der Waals surface area contributed by atoms with Crippen LogP contribution in [0.3, 0.4) is 0 Å². The minimum atomic E-state index is -0.287. The molecule has 2 heterocycles. The van der Waals surface area contributed by atoms with Gasteiger partial charge in [-0.3, -0.25) is 10.1 Å². The average molecular weight is 269 g/mol. The summed E-state index contributed by atoms with van der Waals surface area (Å²) in [5, 5.41) is 7.08. The van der Waals surface area contributed by atoms with Gasteiger partial charge in [-0.1, -0.05) is 12.1 Å². The van der Waals surface area contributed by atoms with Gasteiger partial charge in [-0.2, -0.15) is 5.10 Å². The van der Waals surface area contributed by atoms with E-state index in [0.29, 0.717) is 5.82 Å². The summed E-state index contributed by atoms with van der Waals surface area (Å²) in [4.78, 5) is 3.99. The standard InChI is InChI=1S/C14H12FN5/c15-11-3-1-9(2-4-11)12-13(19-20-14(12)18-16)10-5-7-17-8-6-10/h1-8H,16H2,(H2,18,19,20). The van der Waals surface area contributed by atoms with Gasteiger partial charge in [0.05, 0.1) is 11.3 Å². The Kier molecular flexibility index (Phi) is 3.14. The summed E-state index contributed by atoms with van der Waals surface area (Å²) < 4.78 is 13.1. The number of benzene rings is 1. The summed E-state index contributed by atoms with van der Waals surface area (Å²) in [5.41, 5.74) is 5.88. The molecule has 3 rings (SSSR count). The fraction of sp³-hybridized carbons (Fsp3) is 0. The van der Waals surface area contributed by atoms with Gasteiger partial charge in [0.25, 0.3) is 0 Å². The second kappa shape index (κ2) is 5.10. The Labute approximate surface area is 114 Å². The lowest BCUT2D eigenvalue weighted by molar-refractivity contribution is 0.628. The molecule has 0 atom stereocenters.